The molecular weight excluding hydrogens is 354 g/mol. The Morgan fingerprint density at radius 1 is 1.04 bits per heavy atom. The highest BCUT2D eigenvalue weighted by Gasteiger charge is 2.47. The number of fused-ring (bicyclic) bond motifs is 1. The van der Waals surface area contributed by atoms with Crippen molar-refractivity contribution >= 4 is 11.9 Å². The zero-order valence-corrected chi connectivity index (χ0v) is 15.7. The van der Waals surface area contributed by atoms with Crippen molar-refractivity contribution in [2.45, 2.75) is 31.5 Å². The van der Waals surface area contributed by atoms with Gasteiger partial charge in [0.05, 0.1) is 19.1 Å². The first kappa shape index (κ1) is 18.3. The van der Waals surface area contributed by atoms with Crippen LogP contribution in [-0.4, -0.2) is 29.7 Å². The van der Waals surface area contributed by atoms with E-state index in [9.17, 15) is 9.59 Å². The molecule has 6 nitrogen and oxygen atoms in total. The summed E-state index contributed by atoms with van der Waals surface area (Å²) in [6.45, 7) is 2.09. The van der Waals surface area contributed by atoms with Crippen molar-refractivity contribution in [2.24, 2.45) is 0 Å². The van der Waals surface area contributed by atoms with Crippen molar-refractivity contribution in [1.82, 2.24) is 15.8 Å². The van der Waals surface area contributed by atoms with Crippen LogP contribution in [0.5, 0.6) is 0 Å². The molecule has 2 N–H and O–H groups in total. The highest BCUT2D eigenvalue weighted by molar-refractivity contribution is 5.90. The lowest BCUT2D eigenvalue weighted by Crippen LogP contribution is -2.53. The van der Waals surface area contributed by atoms with E-state index in [1.54, 1.807) is 11.9 Å². The number of hydrazine groups is 1. The van der Waals surface area contributed by atoms with Gasteiger partial charge in [-0.2, -0.15) is 0 Å². The van der Waals surface area contributed by atoms with Crippen LogP contribution in [0.25, 0.3) is 0 Å². The van der Waals surface area contributed by atoms with Gasteiger partial charge in [0.15, 0.2) is 0 Å². The molecule has 1 saturated heterocycles. The molecule has 1 fully saturated rings. The molecule has 2 aromatic carbocycles. The van der Waals surface area contributed by atoms with Gasteiger partial charge in [0.1, 0.15) is 6.17 Å². The summed E-state index contributed by atoms with van der Waals surface area (Å²) in [5.74, 6) is -0.523. The van der Waals surface area contributed by atoms with Gasteiger partial charge in [-0.15, -0.1) is 0 Å². The van der Waals surface area contributed by atoms with Crippen LogP contribution in [0.15, 0.2) is 72.4 Å². The number of benzene rings is 2. The molecule has 28 heavy (non-hydrogen) atoms. The number of amides is 1. The standard InChI is InChI=1S/C22H23N3O3/c1-2-28-19(27)14-17-13-18(26)25-22(23-17)20(15-9-5-3-6-10-15)21(24-25)16-11-7-4-8-12-16/h3-13,20-24H,2,14H2,1H3. The lowest BCUT2D eigenvalue weighted by molar-refractivity contribution is -0.142. The minimum Gasteiger partial charge on any atom is -0.466 e. The first-order valence-electron chi connectivity index (χ1n) is 9.49. The van der Waals surface area contributed by atoms with Gasteiger partial charge in [-0.3, -0.25) is 14.6 Å². The van der Waals surface area contributed by atoms with Crippen LogP contribution in [-0.2, 0) is 14.3 Å². The lowest BCUT2D eigenvalue weighted by Gasteiger charge is -2.33. The second-order valence-electron chi connectivity index (χ2n) is 6.90. The number of hydrogen-bond donors (Lipinski definition) is 2. The van der Waals surface area contributed by atoms with E-state index in [0.717, 1.165) is 11.1 Å². The zero-order valence-electron chi connectivity index (χ0n) is 15.7. The zero-order chi connectivity index (χ0) is 19.5. The lowest BCUT2D eigenvalue weighted by atomic mass is 9.86. The molecule has 0 spiro atoms. The van der Waals surface area contributed by atoms with Crippen LogP contribution < -0.4 is 10.7 Å². The molecule has 1 amide bonds. The normalized spacial score (nSPS) is 23.6. The van der Waals surface area contributed by atoms with Gasteiger partial charge in [0.25, 0.3) is 5.91 Å². The molecular formula is C22H23N3O3. The van der Waals surface area contributed by atoms with Crippen molar-refractivity contribution in [3.8, 4) is 0 Å². The molecule has 2 aliphatic rings. The van der Waals surface area contributed by atoms with Crippen LogP contribution in [0.1, 0.15) is 36.4 Å². The number of ether oxygens (including phenoxy) is 1. The first-order valence-corrected chi connectivity index (χ1v) is 9.49. The van der Waals surface area contributed by atoms with Crippen LogP contribution >= 0.6 is 0 Å². The summed E-state index contributed by atoms with van der Waals surface area (Å²) in [6.07, 6.45) is 1.23. The molecule has 0 radical (unpaired) electrons. The highest BCUT2D eigenvalue weighted by Crippen LogP contribution is 2.41. The second kappa shape index (κ2) is 7.86. The van der Waals surface area contributed by atoms with Crippen molar-refractivity contribution in [2.75, 3.05) is 6.61 Å². The molecule has 3 unspecified atom stereocenters. The van der Waals surface area contributed by atoms with Crippen molar-refractivity contribution < 1.29 is 14.3 Å². The summed E-state index contributed by atoms with van der Waals surface area (Å²) in [4.78, 5) is 24.7. The highest BCUT2D eigenvalue weighted by atomic mass is 16.5. The van der Waals surface area contributed by atoms with E-state index in [2.05, 4.69) is 35.0 Å². The van der Waals surface area contributed by atoms with Gasteiger partial charge in [0.2, 0.25) is 0 Å². The number of esters is 1. The third-order valence-electron chi connectivity index (χ3n) is 5.11. The Kier molecular flexibility index (Phi) is 5.12. The van der Waals surface area contributed by atoms with Gasteiger partial charge < -0.3 is 10.1 Å². The maximum Gasteiger partial charge on any atom is 0.311 e. The van der Waals surface area contributed by atoms with Crippen molar-refractivity contribution in [3.05, 3.63) is 83.6 Å². The average molecular weight is 377 g/mol. The van der Waals surface area contributed by atoms with E-state index < -0.39 is 0 Å². The Bertz CT molecular complexity index is 882. The monoisotopic (exact) mass is 377 g/mol. The second-order valence-corrected chi connectivity index (χ2v) is 6.90. The molecule has 0 bridgehead atoms. The smallest absolute Gasteiger partial charge is 0.311 e. The molecule has 144 valence electrons. The topological polar surface area (TPSA) is 70.7 Å². The Morgan fingerprint density at radius 3 is 2.32 bits per heavy atom. The molecule has 6 heteroatoms. The Morgan fingerprint density at radius 2 is 1.68 bits per heavy atom. The van der Waals surface area contributed by atoms with Crippen LogP contribution in [0.4, 0.5) is 0 Å². The number of rotatable bonds is 5. The van der Waals surface area contributed by atoms with Gasteiger partial charge in [-0.25, -0.2) is 5.43 Å². The van der Waals surface area contributed by atoms with Crippen LogP contribution in [0.2, 0.25) is 0 Å². The predicted molar refractivity (Wildman–Crippen MR) is 105 cm³/mol. The third-order valence-corrected chi connectivity index (χ3v) is 5.11. The fraction of sp³-hybridized carbons (Fsp3) is 0.273. The average Bonchev–Trinajstić information content (AvgIpc) is 3.09. The molecule has 0 aromatic heterocycles. The SMILES string of the molecule is CCOC(=O)CC1=CC(=O)N2NC(c3ccccc3)C(c3ccccc3)C2N1. The van der Waals surface area contributed by atoms with Crippen molar-refractivity contribution in [3.63, 3.8) is 0 Å². The molecule has 0 saturated carbocycles. The molecule has 4 rings (SSSR count). The molecule has 0 aliphatic carbocycles. The van der Waals surface area contributed by atoms with Gasteiger partial charge in [-0.1, -0.05) is 60.7 Å². The number of carbonyl (C=O) groups is 2. The largest absolute Gasteiger partial charge is 0.466 e. The molecule has 2 aliphatic heterocycles. The van der Waals surface area contributed by atoms with E-state index >= 15 is 0 Å². The Labute approximate surface area is 164 Å². The minimum atomic E-state index is -0.343. The number of nitrogens with zero attached hydrogens (tertiary/aromatic N) is 1. The summed E-state index contributed by atoms with van der Waals surface area (Å²) in [6, 6.07) is 20.1. The van der Waals surface area contributed by atoms with Gasteiger partial charge >= 0.3 is 5.97 Å². The van der Waals surface area contributed by atoms with Gasteiger partial charge in [0, 0.05) is 17.7 Å². The minimum absolute atomic E-state index is 0.0153. The summed E-state index contributed by atoms with van der Waals surface area (Å²) >= 11 is 0. The fourth-order valence-corrected chi connectivity index (χ4v) is 3.92. The maximum absolute atomic E-state index is 12.8. The fourth-order valence-electron chi connectivity index (χ4n) is 3.92. The third kappa shape index (κ3) is 3.51. The number of nitrogens with one attached hydrogen (secondary N) is 2. The summed E-state index contributed by atoms with van der Waals surface area (Å²) in [5.41, 5.74) is 6.17. The summed E-state index contributed by atoms with van der Waals surface area (Å²) in [5, 5.41) is 5.02. The van der Waals surface area contributed by atoms with E-state index in [-0.39, 0.29) is 36.4 Å². The van der Waals surface area contributed by atoms with Crippen LogP contribution in [0, 0.1) is 0 Å². The van der Waals surface area contributed by atoms with E-state index in [1.807, 2.05) is 36.4 Å². The van der Waals surface area contributed by atoms with E-state index in [4.69, 9.17) is 4.74 Å². The molecule has 2 aromatic rings. The quantitative estimate of drug-likeness (QED) is 0.784. The molecule has 2 heterocycles. The van der Waals surface area contributed by atoms with E-state index in [1.165, 1.54) is 6.08 Å². The van der Waals surface area contributed by atoms with E-state index in [0.29, 0.717) is 12.3 Å². The van der Waals surface area contributed by atoms with Gasteiger partial charge in [-0.05, 0) is 18.1 Å². The summed E-state index contributed by atoms with van der Waals surface area (Å²) in [7, 11) is 0. The number of carbonyl (C=O) groups excluding carboxylic acids is 2. The van der Waals surface area contributed by atoms with Crippen LogP contribution in [0.3, 0.4) is 0 Å². The van der Waals surface area contributed by atoms with Crippen molar-refractivity contribution in [1.29, 1.82) is 0 Å². The maximum atomic E-state index is 12.8. The first-order chi connectivity index (χ1) is 13.7. The Balaban J connectivity index is 1.67. The Hall–Kier alpha value is -3.12. The summed E-state index contributed by atoms with van der Waals surface area (Å²) < 4.78 is 5.03. The number of hydrogen-bond acceptors (Lipinski definition) is 5. The predicted octanol–water partition coefficient (Wildman–Crippen LogP) is 2.62. The molecule has 3 atom stereocenters.